The van der Waals surface area contributed by atoms with Crippen LogP contribution in [0.1, 0.15) is 28.4 Å². The summed E-state index contributed by atoms with van der Waals surface area (Å²) in [5.74, 6) is -0.171. The van der Waals surface area contributed by atoms with Gasteiger partial charge in [-0.15, -0.1) is 0 Å². The van der Waals surface area contributed by atoms with Crippen LogP contribution in [0.4, 0.5) is 0 Å². The summed E-state index contributed by atoms with van der Waals surface area (Å²) in [7, 11) is 0. The molecule has 0 saturated heterocycles. The highest BCUT2D eigenvalue weighted by Crippen LogP contribution is 2.19. The summed E-state index contributed by atoms with van der Waals surface area (Å²) in [6, 6.07) is 16.2. The van der Waals surface area contributed by atoms with Crippen LogP contribution in [0.5, 0.6) is 0 Å². The highest BCUT2D eigenvalue weighted by molar-refractivity contribution is 6.12. The van der Waals surface area contributed by atoms with Crippen molar-refractivity contribution in [2.75, 3.05) is 0 Å². The van der Waals surface area contributed by atoms with E-state index in [0.29, 0.717) is 11.5 Å². The fraction of sp³-hybridized carbons (Fsp3) is 0.0556. The lowest BCUT2D eigenvalue weighted by Gasteiger charge is -1.97. The van der Waals surface area contributed by atoms with Crippen molar-refractivity contribution < 1.29 is 14.3 Å². The van der Waals surface area contributed by atoms with E-state index in [1.54, 1.807) is 30.3 Å². The second-order valence-corrected chi connectivity index (χ2v) is 4.88. The van der Waals surface area contributed by atoms with E-state index in [0.717, 1.165) is 11.1 Å². The normalized spacial score (nSPS) is 15.6. The van der Waals surface area contributed by atoms with Gasteiger partial charge in [0.05, 0.1) is 0 Å². The third-order valence-electron chi connectivity index (χ3n) is 3.26. The molecular weight excluding hydrogens is 278 g/mol. The molecule has 0 saturated carbocycles. The van der Waals surface area contributed by atoms with Gasteiger partial charge in [0.15, 0.2) is 11.5 Å². The standard InChI is InChI=1S/C18H13NO3/c1-12(20)14-9-7-13(8-10-14)11-16-18(21)22-17(19-16)15-5-3-2-4-6-15/h2-11H,1H3. The number of nitrogens with zero attached hydrogens (tertiary/aromatic N) is 1. The van der Waals surface area contributed by atoms with Gasteiger partial charge in [0.2, 0.25) is 5.90 Å². The predicted molar refractivity (Wildman–Crippen MR) is 83.5 cm³/mol. The minimum absolute atomic E-state index is 0.00358. The number of carbonyl (C=O) groups is 2. The molecule has 4 nitrogen and oxygen atoms in total. The van der Waals surface area contributed by atoms with Crippen molar-refractivity contribution in [2.45, 2.75) is 6.92 Å². The molecule has 0 spiro atoms. The summed E-state index contributed by atoms with van der Waals surface area (Å²) in [5.41, 5.74) is 2.42. The molecule has 1 heterocycles. The minimum Gasteiger partial charge on any atom is -0.402 e. The molecule has 0 amide bonds. The molecule has 0 unspecified atom stereocenters. The molecule has 3 rings (SSSR count). The Morgan fingerprint density at radius 3 is 2.36 bits per heavy atom. The van der Waals surface area contributed by atoms with Crippen LogP contribution in [0.2, 0.25) is 0 Å². The van der Waals surface area contributed by atoms with Crippen LogP contribution in [-0.4, -0.2) is 17.7 Å². The third-order valence-corrected chi connectivity index (χ3v) is 3.26. The second-order valence-electron chi connectivity index (χ2n) is 4.88. The van der Waals surface area contributed by atoms with Crippen molar-refractivity contribution in [3.05, 3.63) is 77.0 Å². The second kappa shape index (κ2) is 5.77. The summed E-state index contributed by atoms with van der Waals surface area (Å²) in [5, 5.41) is 0. The number of Topliss-reactive ketones (excluding diaryl/α,β-unsaturated/α-hetero) is 1. The van der Waals surface area contributed by atoms with Gasteiger partial charge < -0.3 is 4.74 Å². The van der Waals surface area contributed by atoms with Gasteiger partial charge >= 0.3 is 5.97 Å². The first-order valence-electron chi connectivity index (χ1n) is 6.82. The van der Waals surface area contributed by atoms with Crippen molar-refractivity contribution in [1.82, 2.24) is 0 Å². The number of aliphatic imine (C=N–C) groups is 1. The lowest BCUT2D eigenvalue weighted by molar-refractivity contribution is -0.129. The number of rotatable bonds is 3. The summed E-state index contributed by atoms with van der Waals surface area (Å²) in [6.07, 6.45) is 1.64. The molecule has 0 radical (unpaired) electrons. The Kier molecular flexibility index (Phi) is 3.66. The van der Waals surface area contributed by atoms with E-state index in [-0.39, 0.29) is 11.5 Å². The van der Waals surface area contributed by atoms with E-state index in [1.165, 1.54) is 6.92 Å². The molecule has 4 heteroatoms. The summed E-state index contributed by atoms with van der Waals surface area (Å²) < 4.78 is 5.18. The average Bonchev–Trinajstić information content (AvgIpc) is 2.90. The molecule has 2 aromatic carbocycles. The highest BCUT2D eigenvalue weighted by Gasteiger charge is 2.23. The number of ketones is 1. The van der Waals surface area contributed by atoms with Crippen LogP contribution in [0.25, 0.3) is 6.08 Å². The first kappa shape index (κ1) is 13.9. The van der Waals surface area contributed by atoms with Gasteiger partial charge in [-0.3, -0.25) is 4.79 Å². The Balaban J connectivity index is 1.89. The third kappa shape index (κ3) is 2.86. The number of ether oxygens (including phenoxy) is 1. The maximum atomic E-state index is 11.9. The highest BCUT2D eigenvalue weighted by atomic mass is 16.6. The molecule has 2 aromatic rings. The van der Waals surface area contributed by atoms with Gasteiger partial charge in [-0.1, -0.05) is 42.5 Å². The summed E-state index contributed by atoms with van der Waals surface area (Å²) in [4.78, 5) is 27.4. The number of esters is 1. The van der Waals surface area contributed by atoms with E-state index >= 15 is 0 Å². The van der Waals surface area contributed by atoms with Gasteiger partial charge in [0, 0.05) is 11.1 Å². The van der Waals surface area contributed by atoms with E-state index < -0.39 is 5.97 Å². The first-order valence-corrected chi connectivity index (χ1v) is 6.82. The Bertz CT molecular complexity index is 787. The van der Waals surface area contributed by atoms with Crippen molar-refractivity contribution >= 4 is 23.7 Å². The van der Waals surface area contributed by atoms with E-state index in [2.05, 4.69) is 4.99 Å². The topological polar surface area (TPSA) is 55.7 Å². The molecule has 0 atom stereocenters. The molecule has 0 fully saturated rings. The van der Waals surface area contributed by atoms with Crippen molar-refractivity contribution in [3.63, 3.8) is 0 Å². The molecule has 1 aliphatic heterocycles. The lowest BCUT2D eigenvalue weighted by atomic mass is 10.1. The monoisotopic (exact) mass is 291 g/mol. The zero-order chi connectivity index (χ0) is 15.5. The van der Waals surface area contributed by atoms with Crippen LogP contribution in [0.3, 0.4) is 0 Å². The number of cyclic esters (lactones) is 1. The maximum absolute atomic E-state index is 11.9. The quantitative estimate of drug-likeness (QED) is 0.495. The predicted octanol–water partition coefficient (Wildman–Crippen LogP) is 3.23. The molecule has 108 valence electrons. The average molecular weight is 291 g/mol. The van der Waals surface area contributed by atoms with Gasteiger partial charge in [-0.05, 0) is 30.7 Å². The largest absolute Gasteiger partial charge is 0.402 e. The Morgan fingerprint density at radius 1 is 1.05 bits per heavy atom. The fourth-order valence-electron chi connectivity index (χ4n) is 2.09. The molecule has 1 aliphatic rings. The maximum Gasteiger partial charge on any atom is 0.363 e. The Labute approximate surface area is 127 Å². The molecule has 22 heavy (non-hydrogen) atoms. The zero-order valence-corrected chi connectivity index (χ0v) is 11.9. The van der Waals surface area contributed by atoms with Gasteiger partial charge in [0.25, 0.3) is 0 Å². The summed E-state index contributed by atoms with van der Waals surface area (Å²) >= 11 is 0. The van der Waals surface area contributed by atoms with Gasteiger partial charge in [-0.2, -0.15) is 0 Å². The molecule has 0 aliphatic carbocycles. The zero-order valence-electron chi connectivity index (χ0n) is 11.9. The number of hydrogen-bond acceptors (Lipinski definition) is 4. The molecular formula is C18H13NO3. The number of benzene rings is 2. The summed E-state index contributed by atoms with van der Waals surface area (Å²) in [6.45, 7) is 1.51. The van der Waals surface area contributed by atoms with Crippen molar-refractivity contribution in [3.8, 4) is 0 Å². The van der Waals surface area contributed by atoms with Crippen LogP contribution >= 0.6 is 0 Å². The minimum atomic E-state index is -0.477. The van der Waals surface area contributed by atoms with E-state index in [1.807, 2.05) is 30.3 Å². The number of carbonyl (C=O) groups excluding carboxylic acids is 2. The van der Waals surface area contributed by atoms with E-state index in [4.69, 9.17) is 4.74 Å². The Hall–Kier alpha value is -3.01. The molecule has 0 bridgehead atoms. The molecule has 0 N–H and O–H groups in total. The first-order chi connectivity index (χ1) is 10.6. The van der Waals surface area contributed by atoms with Crippen molar-refractivity contribution in [2.24, 2.45) is 4.99 Å². The SMILES string of the molecule is CC(=O)c1ccc(C=C2N=C(c3ccccc3)OC2=O)cc1. The molecule has 0 aromatic heterocycles. The van der Waals surface area contributed by atoms with Crippen molar-refractivity contribution in [1.29, 1.82) is 0 Å². The lowest BCUT2D eigenvalue weighted by Crippen LogP contribution is -2.04. The van der Waals surface area contributed by atoms with Crippen LogP contribution < -0.4 is 0 Å². The fourth-order valence-corrected chi connectivity index (χ4v) is 2.09. The van der Waals surface area contributed by atoms with Crippen LogP contribution in [-0.2, 0) is 9.53 Å². The van der Waals surface area contributed by atoms with Gasteiger partial charge in [0.1, 0.15) is 0 Å². The van der Waals surface area contributed by atoms with E-state index in [9.17, 15) is 9.59 Å². The smallest absolute Gasteiger partial charge is 0.363 e. The van der Waals surface area contributed by atoms with Crippen LogP contribution in [0, 0.1) is 0 Å². The Morgan fingerprint density at radius 2 is 1.73 bits per heavy atom. The van der Waals surface area contributed by atoms with Gasteiger partial charge in [-0.25, -0.2) is 9.79 Å². The van der Waals surface area contributed by atoms with Crippen LogP contribution in [0.15, 0.2) is 65.3 Å². The number of hydrogen-bond donors (Lipinski definition) is 0.